The fourth-order valence-electron chi connectivity index (χ4n) is 3.84. The van der Waals surface area contributed by atoms with Gasteiger partial charge in [0, 0.05) is 25.2 Å². The second kappa shape index (κ2) is 19.9. The molecule has 0 aliphatic heterocycles. The van der Waals surface area contributed by atoms with Crippen molar-refractivity contribution in [2.75, 3.05) is 20.3 Å². The summed E-state index contributed by atoms with van der Waals surface area (Å²) in [5.41, 5.74) is 6.05. The Morgan fingerprint density at radius 3 is 2.17 bits per heavy atom. The zero-order valence-electron chi connectivity index (χ0n) is 21.4. The molecule has 0 radical (unpaired) electrons. The molecule has 1 rings (SSSR count). The Balaban J connectivity index is 2.69. The highest BCUT2D eigenvalue weighted by Crippen LogP contribution is 2.21. The predicted molar refractivity (Wildman–Crippen MR) is 140 cm³/mol. The van der Waals surface area contributed by atoms with Gasteiger partial charge in [-0.2, -0.15) is 0 Å². The van der Waals surface area contributed by atoms with Crippen molar-refractivity contribution in [1.29, 1.82) is 0 Å². The monoisotopic (exact) mass is 524 g/mol. The van der Waals surface area contributed by atoms with E-state index >= 15 is 0 Å². The maximum atomic E-state index is 13.1. The number of nitrogens with zero attached hydrogens (tertiary/aromatic N) is 1. The third-order valence-electron chi connectivity index (χ3n) is 5.88. The predicted octanol–water partition coefficient (Wildman–Crippen LogP) is 5.10. The summed E-state index contributed by atoms with van der Waals surface area (Å²) in [6, 6.07) is 5.36. The second-order valence-electron chi connectivity index (χ2n) is 8.77. The Kier molecular flexibility index (Phi) is 17.6. The van der Waals surface area contributed by atoms with Gasteiger partial charge >= 0.3 is 5.97 Å². The van der Waals surface area contributed by atoms with Gasteiger partial charge in [0.05, 0.1) is 5.57 Å². The van der Waals surface area contributed by atoms with E-state index in [1.54, 1.807) is 37.3 Å². The van der Waals surface area contributed by atoms with Crippen molar-refractivity contribution in [3.63, 3.8) is 0 Å². The first-order valence-corrected chi connectivity index (χ1v) is 13.2. The number of ether oxygens (including phenoxy) is 1. The lowest BCUT2D eigenvalue weighted by Crippen LogP contribution is -2.46. The zero-order chi connectivity index (χ0) is 26.6. The van der Waals surface area contributed by atoms with E-state index in [0.717, 1.165) is 43.8 Å². The molecule has 0 saturated carbocycles. The van der Waals surface area contributed by atoms with Crippen LogP contribution in [0.3, 0.4) is 0 Å². The van der Waals surface area contributed by atoms with Gasteiger partial charge < -0.3 is 15.6 Å². The van der Waals surface area contributed by atoms with Gasteiger partial charge in [0.25, 0.3) is 0 Å². The summed E-state index contributed by atoms with van der Waals surface area (Å²) in [6.45, 7) is 0.981. The maximum Gasteiger partial charge on any atom is 0.334 e. The first-order chi connectivity index (χ1) is 17.5. The van der Waals surface area contributed by atoms with Crippen molar-refractivity contribution in [1.82, 2.24) is 5.06 Å². The van der Waals surface area contributed by atoms with Crippen molar-refractivity contribution >= 4 is 29.4 Å². The maximum absolute atomic E-state index is 13.1. The molecule has 8 nitrogen and oxygen atoms in total. The summed E-state index contributed by atoms with van der Waals surface area (Å²) >= 11 is 6.19. The summed E-state index contributed by atoms with van der Waals surface area (Å²) in [5.74, 6) is -0.152. The highest BCUT2D eigenvalue weighted by atomic mass is 35.5. The van der Waals surface area contributed by atoms with Gasteiger partial charge in [-0.3, -0.25) is 9.63 Å². The normalized spacial score (nSPS) is 11.6. The average Bonchev–Trinajstić information content (AvgIpc) is 2.87. The van der Waals surface area contributed by atoms with Crippen LogP contribution in [0.2, 0.25) is 5.02 Å². The molecule has 1 atom stereocenters. The van der Waals surface area contributed by atoms with Gasteiger partial charge in [0.15, 0.2) is 6.04 Å². The van der Waals surface area contributed by atoms with Crippen LogP contribution in [0.25, 0.3) is 0 Å². The number of halogens is 1. The van der Waals surface area contributed by atoms with Crippen molar-refractivity contribution in [3.8, 4) is 0 Å². The number of benzene rings is 1. The van der Waals surface area contributed by atoms with E-state index in [-0.39, 0.29) is 31.6 Å². The van der Waals surface area contributed by atoms with Crippen LogP contribution in [-0.4, -0.2) is 54.3 Å². The largest absolute Gasteiger partial charge is 0.479 e. The molecule has 202 valence electrons. The number of nitrogens with two attached hydrogens (primary N) is 1. The summed E-state index contributed by atoms with van der Waals surface area (Å²) in [6.07, 6.45) is 10.0. The first-order valence-electron chi connectivity index (χ1n) is 12.8. The number of rotatable bonds is 21. The van der Waals surface area contributed by atoms with Gasteiger partial charge in [-0.1, -0.05) is 74.7 Å². The Bertz CT molecular complexity index is 828. The minimum absolute atomic E-state index is 0.0778. The van der Waals surface area contributed by atoms with Gasteiger partial charge in [0.2, 0.25) is 5.91 Å². The van der Waals surface area contributed by atoms with Crippen LogP contribution in [0.15, 0.2) is 29.8 Å². The van der Waals surface area contributed by atoms with Gasteiger partial charge in [-0.05, 0) is 43.9 Å². The van der Waals surface area contributed by atoms with Crippen LogP contribution >= 0.6 is 11.6 Å². The van der Waals surface area contributed by atoms with Crippen molar-refractivity contribution in [2.24, 2.45) is 5.73 Å². The molecule has 1 aromatic rings. The molecule has 1 aromatic carbocycles. The molecule has 0 unspecified atom stereocenters. The molecular formula is C27H41ClN2O6. The molecule has 3 N–H and O–H groups in total. The Labute approximate surface area is 219 Å². The van der Waals surface area contributed by atoms with Gasteiger partial charge in [-0.25, -0.2) is 14.7 Å². The molecule has 0 aliphatic rings. The minimum Gasteiger partial charge on any atom is -0.479 e. The number of aliphatic carboxylic acids is 1. The molecule has 0 saturated heterocycles. The molecule has 0 aliphatic carbocycles. The topological polar surface area (TPSA) is 119 Å². The standard InChI is InChI=1S/C27H41ClN2O6/c1-35-19-12-8-6-4-2-3-5-7-9-17-25(32)30(36-21-23-14-10-11-16-24(23)28)26(27(33)34)22(20-31)15-13-18-29/h10-11,14,16,26H,2-9,12-13,15,17-19,21,29H2,1H3,(H,33,34)/t26-/m0/s1. The first kappa shape index (κ1) is 31.8. The number of hydrogen-bond donors (Lipinski definition) is 2. The van der Waals surface area contributed by atoms with Crippen molar-refractivity contribution in [3.05, 3.63) is 40.4 Å². The number of unbranched alkanes of at least 4 members (excludes halogenated alkanes) is 8. The molecule has 9 heteroatoms. The van der Waals surface area contributed by atoms with Crippen LogP contribution in [0.1, 0.15) is 82.6 Å². The summed E-state index contributed by atoms with van der Waals surface area (Å²) < 4.78 is 5.05. The van der Waals surface area contributed by atoms with E-state index in [1.807, 2.05) is 0 Å². The number of carbonyl (C=O) groups excluding carboxylic acids is 2. The average molecular weight is 525 g/mol. The van der Waals surface area contributed by atoms with Crippen molar-refractivity contribution in [2.45, 2.75) is 89.7 Å². The third-order valence-corrected chi connectivity index (χ3v) is 6.25. The van der Waals surface area contributed by atoms with Crippen LogP contribution in [0.4, 0.5) is 0 Å². The Morgan fingerprint density at radius 2 is 1.61 bits per heavy atom. The molecule has 0 heterocycles. The minimum atomic E-state index is -1.57. The number of carboxylic acids is 1. The third kappa shape index (κ3) is 12.7. The zero-order valence-corrected chi connectivity index (χ0v) is 22.1. The quantitative estimate of drug-likeness (QED) is 0.130. The Morgan fingerprint density at radius 1 is 1.00 bits per heavy atom. The SMILES string of the molecule is COCCCCCCCCCCCC(=O)N(OCc1ccccc1Cl)[C@H](C(=O)O)C(=C=O)CCCN. The molecule has 1 amide bonds. The van der Waals surface area contributed by atoms with Crippen LogP contribution in [0, 0.1) is 0 Å². The number of hydrogen-bond acceptors (Lipinski definition) is 6. The second-order valence-corrected chi connectivity index (χ2v) is 9.18. The summed E-state index contributed by atoms with van der Waals surface area (Å²) in [7, 11) is 1.72. The van der Waals surface area contributed by atoms with E-state index in [0.29, 0.717) is 23.4 Å². The Hall–Kier alpha value is -2.22. The fourth-order valence-corrected chi connectivity index (χ4v) is 4.03. The van der Waals surface area contributed by atoms with Crippen molar-refractivity contribution < 1.29 is 29.1 Å². The van der Waals surface area contributed by atoms with Crippen LogP contribution in [-0.2, 0) is 30.6 Å². The summed E-state index contributed by atoms with van der Waals surface area (Å²) in [5, 5.41) is 11.1. The van der Waals surface area contributed by atoms with E-state index in [9.17, 15) is 19.5 Å². The van der Waals surface area contributed by atoms with Gasteiger partial charge in [0.1, 0.15) is 12.5 Å². The van der Waals surface area contributed by atoms with E-state index in [2.05, 4.69) is 0 Å². The van der Waals surface area contributed by atoms with Gasteiger partial charge in [-0.15, -0.1) is 0 Å². The number of hydroxylamine groups is 2. The molecule has 0 bridgehead atoms. The highest BCUT2D eigenvalue weighted by molar-refractivity contribution is 6.31. The van der Waals surface area contributed by atoms with Crippen LogP contribution < -0.4 is 5.73 Å². The summed E-state index contributed by atoms with van der Waals surface area (Å²) in [4.78, 5) is 42.5. The molecule has 0 fully saturated rings. The highest BCUT2D eigenvalue weighted by Gasteiger charge is 2.35. The lowest BCUT2D eigenvalue weighted by Gasteiger charge is -2.28. The molecule has 0 spiro atoms. The number of amides is 1. The van der Waals surface area contributed by atoms with E-state index in [1.165, 1.54) is 19.3 Å². The van der Waals surface area contributed by atoms with E-state index < -0.39 is 17.9 Å². The molecular weight excluding hydrogens is 484 g/mol. The smallest absolute Gasteiger partial charge is 0.334 e. The fraction of sp³-hybridized carbons (Fsp3) is 0.630. The number of carbonyl (C=O) groups is 2. The number of methoxy groups -OCH3 is 1. The van der Waals surface area contributed by atoms with Crippen LogP contribution in [0.5, 0.6) is 0 Å². The molecule has 36 heavy (non-hydrogen) atoms. The lowest BCUT2D eigenvalue weighted by atomic mass is 10.0. The molecule has 0 aromatic heterocycles. The van der Waals surface area contributed by atoms with E-state index in [4.69, 9.17) is 26.9 Å². The lowest BCUT2D eigenvalue weighted by molar-refractivity contribution is -0.207. The number of carboxylic acid groups (broad SMARTS) is 1.